The van der Waals surface area contributed by atoms with Gasteiger partial charge in [-0.1, -0.05) is 30.3 Å². The first-order valence-corrected chi connectivity index (χ1v) is 24.4. The molecule has 8 aromatic rings. The SMILES string of the molecule is O=S(=O)(O)c1ccc(N=Nc2ccc(N=Nc3ccc(N=Nc4c(S(=O)(=O)O)cc5cc(Nc6ccccc6)ccc5c4O)c4cc(S(=O)(=O)O)ccc34)c3cc(S(=O)(=O)O)ccc23)cc1. The summed E-state index contributed by atoms with van der Waals surface area (Å²) in [5, 5.41) is 40.4. The van der Waals surface area contributed by atoms with Gasteiger partial charge >= 0.3 is 0 Å². The van der Waals surface area contributed by atoms with E-state index in [0.717, 1.165) is 48.2 Å². The lowest BCUT2D eigenvalue weighted by atomic mass is 10.1. The van der Waals surface area contributed by atoms with Crippen molar-refractivity contribution in [2.45, 2.75) is 19.6 Å². The molecule has 0 bridgehead atoms. The number of anilines is 2. The monoisotopic (exact) mass is 967 g/mol. The molecule has 6 N–H and O–H groups in total. The predicted octanol–water partition coefficient (Wildman–Crippen LogP) is 10.8. The van der Waals surface area contributed by atoms with Gasteiger partial charge in [-0.2, -0.15) is 38.8 Å². The van der Waals surface area contributed by atoms with Crippen LogP contribution >= 0.6 is 0 Å². The summed E-state index contributed by atoms with van der Waals surface area (Å²) in [5.41, 5.74) is 0.975. The molecule has 8 aromatic carbocycles. The van der Waals surface area contributed by atoms with Crippen LogP contribution in [0, 0.1) is 0 Å². The van der Waals surface area contributed by atoms with Crippen molar-refractivity contribution in [1.29, 1.82) is 0 Å². The van der Waals surface area contributed by atoms with Crippen LogP contribution in [0.4, 0.5) is 45.5 Å². The molecule has 0 saturated carbocycles. The second-order valence-corrected chi connectivity index (χ2v) is 19.8. The normalized spacial score (nSPS) is 12.9. The first-order chi connectivity index (χ1) is 31.1. The lowest BCUT2D eigenvalue weighted by Gasteiger charge is -2.12. The van der Waals surface area contributed by atoms with Gasteiger partial charge in [0.05, 0.1) is 43.1 Å². The van der Waals surface area contributed by atoms with Gasteiger partial charge in [0, 0.05) is 38.3 Å². The molecule has 24 heteroatoms. The number of nitrogens with zero attached hydrogens (tertiary/aromatic N) is 6. The molecule has 0 aromatic heterocycles. The molecule has 0 spiro atoms. The van der Waals surface area contributed by atoms with E-state index in [1.807, 2.05) is 18.2 Å². The number of phenolic OH excluding ortho intramolecular Hbond substituents is 1. The zero-order chi connectivity index (χ0) is 47.2. The fraction of sp³-hybridized carbons (Fsp3) is 0. The lowest BCUT2D eigenvalue weighted by Crippen LogP contribution is -1.99. The molecule has 0 aliphatic rings. The molecule has 0 fully saturated rings. The zero-order valence-electron chi connectivity index (χ0n) is 33.1. The summed E-state index contributed by atoms with van der Waals surface area (Å²) in [7, 11) is -19.0. The minimum atomic E-state index is -5.04. The average molecular weight is 968 g/mol. The fourth-order valence-electron chi connectivity index (χ4n) is 6.68. The van der Waals surface area contributed by atoms with Crippen molar-refractivity contribution >= 4 is 118 Å². The summed E-state index contributed by atoms with van der Waals surface area (Å²) >= 11 is 0. The van der Waals surface area contributed by atoms with Crippen LogP contribution in [0.2, 0.25) is 0 Å². The Hall–Kier alpha value is -7.42. The van der Waals surface area contributed by atoms with Gasteiger partial charge in [-0.25, -0.2) is 0 Å². The molecular formula is C42H29N7O13S4. The number of nitrogens with one attached hydrogen (secondary N) is 1. The maximum Gasteiger partial charge on any atom is 0.296 e. The second kappa shape index (κ2) is 17.2. The van der Waals surface area contributed by atoms with Gasteiger partial charge < -0.3 is 10.4 Å². The molecule has 20 nitrogen and oxygen atoms in total. The van der Waals surface area contributed by atoms with Crippen molar-refractivity contribution in [2.24, 2.45) is 30.7 Å². The van der Waals surface area contributed by atoms with Crippen LogP contribution in [0.1, 0.15) is 0 Å². The van der Waals surface area contributed by atoms with Gasteiger partial charge in [-0.05, 0) is 115 Å². The van der Waals surface area contributed by atoms with E-state index in [-0.39, 0.29) is 65.6 Å². The van der Waals surface area contributed by atoms with Crippen LogP contribution < -0.4 is 5.32 Å². The summed E-state index contributed by atoms with van der Waals surface area (Å²) < 4.78 is 136. The first-order valence-electron chi connectivity index (χ1n) is 18.6. The van der Waals surface area contributed by atoms with E-state index in [1.54, 1.807) is 24.3 Å². The van der Waals surface area contributed by atoms with E-state index in [1.165, 1.54) is 54.6 Å². The van der Waals surface area contributed by atoms with Gasteiger partial charge in [-0.15, -0.1) is 25.6 Å². The Morgan fingerprint density at radius 1 is 0.379 bits per heavy atom. The van der Waals surface area contributed by atoms with Gasteiger partial charge in [0.1, 0.15) is 10.6 Å². The molecule has 0 radical (unpaired) electrons. The molecule has 0 aliphatic heterocycles. The average Bonchev–Trinajstić information content (AvgIpc) is 3.26. The summed E-state index contributed by atoms with van der Waals surface area (Å²) in [6, 6.07) is 32.1. The Morgan fingerprint density at radius 2 is 0.833 bits per heavy atom. The van der Waals surface area contributed by atoms with Gasteiger partial charge in [0.25, 0.3) is 40.5 Å². The number of fused-ring (bicyclic) bond motifs is 3. The third kappa shape index (κ3) is 9.65. The Labute approximate surface area is 374 Å². The van der Waals surface area contributed by atoms with Crippen LogP contribution in [-0.4, -0.2) is 57.0 Å². The number of benzene rings is 8. The highest BCUT2D eigenvalue weighted by Crippen LogP contribution is 2.44. The number of hydrogen-bond donors (Lipinski definition) is 6. The third-order valence-electron chi connectivity index (χ3n) is 9.80. The Morgan fingerprint density at radius 3 is 1.33 bits per heavy atom. The quantitative estimate of drug-likeness (QED) is 0.0490. The van der Waals surface area contributed by atoms with Crippen molar-refractivity contribution in [3.8, 4) is 5.75 Å². The number of phenols is 1. The molecule has 8 rings (SSSR count). The molecule has 0 unspecified atom stereocenters. The van der Waals surface area contributed by atoms with Crippen LogP contribution in [0.15, 0.2) is 190 Å². The summed E-state index contributed by atoms with van der Waals surface area (Å²) in [6.45, 7) is 0. The zero-order valence-corrected chi connectivity index (χ0v) is 36.4. The van der Waals surface area contributed by atoms with Gasteiger partial charge in [0.15, 0.2) is 5.75 Å². The number of rotatable bonds is 12. The predicted molar refractivity (Wildman–Crippen MR) is 241 cm³/mol. The van der Waals surface area contributed by atoms with E-state index in [9.17, 15) is 57.0 Å². The molecule has 66 heavy (non-hydrogen) atoms. The molecule has 0 amide bonds. The van der Waals surface area contributed by atoms with Crippen molar-refractivity contribution in [2.75, 3.05) is 5.32 Å². The Kier molecular flexibility index (Phi) is 11.8. The van der Waals surface area contributed by atoms with E-state index in [0.29, 0.717) is 5.69 Å². The third-order valence-corrected chi connectivity index (χ3v) is 13.2. The van der Waals surface area contributed by atoms with Gasteiger partial charge in [-0.3, -0.25) is 18.2 Å². The minimum absolute atomic E-state index is 0.0189. The van der Waals surface area contributed by atoms with E-state index >= 15 is 0 Å². The summed E-state index contributed by atoms with van der Waals surface area (Å²) in [5.74, 6) is -0.658. The number of para-hydroxylation sites is 1. The number of hydrogen-bond acceptors (Lipinski definition) is 16. The van der Waals surface area contributed by atoms with Crippen molar-refractivity contribution in [1.82, 2.24) is 0 Å². The van der Waals surface area contributed by atoms with Crippen molar-refractivity contribution in [3.05, 3.63) is 140 Å². The second-order valence-electron chi connectivity index (χ2n) is 14.1. The van der Waals surface area contributed by atoms with Crippen LogP contribution in [0.5, 0.6) is 5.75 Å². The topological polar surface area (TPSA) is 324 Å². The summed E-state index contributed by atoms with van der Waals surface area (Å²) in [6.07, 6.45) is 0. The Bertz CT molecular complexity index is 3850. The maximum absolute atomic E-state index is 12.7. The molecule has 334 valence electrons. The van der Waals surface area contributed by atoms with Gasteiger partial charge in [0.2, 0.25) is 0 Å². The highest BCUT2D eigenvalue weighted by molar-refractivity contribution is 7.86. The van der Waals surface area contributed by atoms with Crippen LogP contribution in [0.25, 0.3) is 32.3 Å². The van der Waals surface area contributed by atoms with E-state index < -0.39 is 66.6 Å². The smallest absolute Gasteiger partial charge is 0.296 e. The van der Waals surface area contributed by atoms with Crippen LogP contribution in [0.3, 0.4) is 0 Å². The lowest BCUT2D eigenvalue weighted by molar-refractivity contribution is 0.472. The molecule has 0 saturated heterocycles. The van der Waals surface area contributed by atoms with Crippen molar-refractivity contribution in [3.63, 3.8) is 0 Å². The van der Waals surface area contributed by atoms with Crippen molar-refractivity contribution < 1.29 is 57.0 Å². The van der Waals surface area contributed by atoms with E-state index in [2.05, 4.69) is 36.0 Å². The molecule has 0 heterocycles. The minimum Gasteiger partial charge on any atom is -0.505 e. The molecule has 0 atom stereocenters. The maximum atomic E-state index is 12.7. The van der Waals surface area contributed by atoms with E-state index in [4.69, 9.17) is 0 Å². The highest BCUT2D eigenvalue weighted by atomic mass is 32.2. The largest absolute Gasteiger partial charge is 0.505 e. The number of aromatic hydroxyl groups is 1. The number of azo groups is 3. The summed E-state index contributed by atoms with van der Waals surface area (Å²) in [4.78, 5) is -2.24. The van der Waals surface area contributed by atoms with Crippen LogP contribution in [-0.2, 0) is 40.5 Å². The molecular weight excluding hydrogens is 939 g/mol. The fourth-order valence-corrected chi connectivity index (χ4v) is 8.83. The molecule has 0 aliphatic carbocycles. The first kappa shape index (κ1) is 45.2. The highest BCUT2D eigenvalue weighted by Gasteiger charge is 2.23. The Balaban J connectivity index is 1.20. The standard InChI is InChI=1S/C42H29N7O13S4/c50-42-31-13-8-27(43-25-4-2-1-3-5-25)20-24(31)21-40(66(60,61)62)41(42)49-48-39-19-17-37(33-15-12-30(23-35(33)39)65(57,58)59)46-47-38-18-16-36(32-14-11-29(22-34(32)38)64(54,55)56)45-44-26-6-9-28(10-7-26)63(51,52)53/h1-23,43,50H,(H,51,52,53)(H,54,55,56)(H,57,58,59)(H,60,61,62).